The number of aliphatic carboxylic acids is 1. The first-order chi connectivity index (χ1) is 12.9. The second kappa shape index (κ2) is 10.2. The highest BCUT2D eigenvalue weighted by atomic mass is 35.5. The van der Waals surface area contributed by atoms with Crippen molar-refractivity contribution < 1.29 is 14.6 Å². The molecule has 1 atom stereocenters. The number of carboxylic acids is 1. The number of rotatable bonds is 9. The molecule has 0 amide bonds. The molecular formula is C20H20Cl2N2O3. The molecule has 0 aliphatic heterocycles. The van der Waals surface area contributed by atoms with E-state index in [1.807, 2.05) is 30.3 Å². The molecule has 0 saturated heterocycles. The van der Waals surface area contributed by atoms with Gasteiger partial charge in [-0.05, 0) is 48.9 Å². The highest BCUT2D eigenvalue weighted by molar-refractivity contribution is 6.42. The molecule has 2 aromatic carbocycles. The maximum Gasteiger partial charge on any atom is 0.317 e. The van der Waals surface area contributed by atoms with Crippen LogP contribution in [0.3, 0.4) is 0 Å². The van der Waals surface area contributed by atoms with Crippen molar-refractivity contribution in [3.63, 3.8) is 0 Å². The number of carbonyl (C=O) groups is 1. The van der Waals surface area contributed by atoms with Crippen LogP contribution < -0.4 is 4.74 Å². The molecule has 5 nitrogen and oxygen atoms in total. The van der Waals surface area contributed by atoms with Gasteiger partial charge in [-0.25, -0.2) is 0 Å². The molecule has 27 heavy (non-hydrogen) atoms. The van der Waals surface area contributed by atoms with Gasteiger partial charge in [-0.3, -0.25) is 9.69 Å². The van der Waals surface area contributed by atoms with Crippen molar-refractivity contribution in [2.75, 3.05) is 13.6 Å². The minimum absolute atomic E-state index is 0.100. The number of halogens is 2. The number of nitriles is 1. The summed E-state index contributed by atoms with van der Waals surface area (Å²) in [6.45, 7) is 0.270. The van der Waals surface area contributed by atoms with E-state index in [0.717, 1.165) is 11.1 Å². The number of hydrogen-bond donors (Lipinski definition) is 1. The van der Waals surface area contributed by atoms with Crippen LogP contribution in [0.1, 0.15) is 17.5 Å². The zero-order valence-electron chi connectivity index (χ0n) is 14.9. The molecule has 0 aliphatic carbocycles. The second-order valence-corrected chi connectivity index (χ2v) is 7.02. The average molecular weight is 407 g/mol. The summed E-state index contributed by atoms with van der Waals surface area (Å²) in [7, 11) is 1.71. The zero-order valence-corrected chi connectivity index (χ0v) is 16.4. The van der Waals surface area contributed by atoms with Crippen LogP contribution in [0.25, 0.3) is 0 Å². The summed E-state index contributed by atoms with van der Waals surface area (Å²) in [6.07, 6.45) is 0.851. The summed E-state index contributed by atoms with van der Waals surface area (Å²) in [5.41, 5.74) is 1.92. The third-order valence-corrected chi connectivity index (χ3v) is 4.86. The van der Waals surface area contributed by atoms with Crippen LogP contribution in [0, 0.1) is 11.3 Å². The third kappa shape index (κ3) is 6.76. The molecule has 0 aromatic heterocycles. The number of carboxylic acid groups (broad SMARTS) is 1. The first-order valence-electron chi connectivity index (χ1n) is 8.33. The predicted molar refractivity (Wildman–Crippen MR) is 105 cm³/mol. The lowest BCUT2D eigenvalue weighted by Gasteiger charge is -2.24. The van der Waals surface area contributed by atoms with Gasteiger partial charge in [0.15, 0.2) is 0 Å². The van der Waals surface area contributed by atoms with Crippen LogP contribution in [0.4, 0.5) is 0 Å². The van der Waals surface area contributed by atoms with E-state index in [-0.39, 0.29) is 19.0 Å². The smallest absolute Gasteiger partial charge is 0.317 e. The molecule has 0 saturated carbocycles. The van der Waals surface area contributed by atoms with Crippen LogP contribution in [-0.2, 0) is 17.8 Å². The van der Waals surface area contributed by atoms with Gasteiger partial charge in [-0.15, -0.1) is 0 Å². The molecule has 0 fully saturated rings. The van der Waals surface area contributed by atoms with Gasteiger partial charge in [0.2, 0.25) is 0 Å². The van der Waals surface area contributed by atoms with Gasteiger partial charge in [-0.2, -0.15) is 5.26 Å². The van der Waals surface area contributed by atoms with Crippen molar-refractivity contribution in [3.8, 4) is 11.8 Å². The van der Waals surface area contributed by atoms with E-state index in [0.29, 0.717) is 28.8 Å². The van der Waals surface area contributed by atoms with Gasteiger partial charge in [0.1, 0.15) is 12.4 Å². The summed E-state index contributed by atoms with van der Waals surface area (Å²) < 4.78 is 5.75. The topological polar surface area (TPSA) is 73.6 Å². The van der Waals surface area contributed by atoms with Gasteiger partial charge >= 0.3 is 5.97 Å². The van der Waals surface area contributed by atoms with Crippen LogP contribution in [-0.4, -0.2) is 35.6 Å². The lowest BCUT2D eigenvalue weighted by atomic mass is 10.0. The maximum atomic E-state index is 10.9. The Morgan fingerprint density at radius 1 is 1.19 bits per heavy atom. The van der Waals surface area contributed by atoms with Crippen molar-refractivity contribution in [2.24, 2.45) is 0 Å². The molecule has 0 radical (unpaired) electrons. The molecule has 2 rings (SSSR count). The zero-order chi connectivity index (χ0) is 19.8. The highest BCUT2D eigenvalue weighted by Gasteiger charge is 2.17. The number of nitrogens with zero attached hydrogens (tertiary/aromatic N) is 2. The summed E-state index contributed by atoms with van der Waals surface area (Å²) in [5.74, 6) is -0.202. The van der Waals surface area contributed by atoms with Gasteiger partial charge in [0.25, 0.3) is 0 Å². The van der Waals surface area contributed by atoms with Crippen molar-refractivity contribution in [1.29, 1.82) is 5.26 Å². The van der Waals surface area contributed by atoms with Gasteiger partial charge in [-0.1, -0.05) is 41.4 Å². The van der Waals surface area contributed by atoms with E-state index in [9.17, 15) is 4.79 Å². The van der Waals surface area contributed by atoms with E-state index in [1.165, 1.54) is 0 Å². The molecule has 0 spiro atoms. The first kappa shape index (κ1) is 21.0. The quantitative estimate of drug-likeness (QED) is 0.667. The van der Waals surface area contributed by atoms with Crippen LogP contribution in [0.2, 0.25) is 10.0 Å². The van der Waals surface area contributed by atoms with Gasteiger partial charge in [0, 0.05) is 6.04 Å². The largest absolute Gasteiger partial charge is 0.489 e. The number of ether oxygens (including phenoxy) is 1. The summed E-state index contributed by atoms with van der Waals surface area (Å²) in [4.78, 5) is 12.6. The average Bonchev–Trinajstić information content (AvgIpc) is 2.63. The Hall–Kier alpha value is -2.26. The lowest BCUT2D eigenvalue weighted by Crippen LogP contribution is -2.37. The fraction of sp³-hybridized carbons (Fsp3) is 0.300. The Balaban J connectivity index is 1.95. The number of hydrogen-bond acceptors (Lipinski definition) is 4. The Kier molecular flexibility index (Phi) is 7.93. The highest BCUT2D eigenvalue weighted by Crippen LogP contribution is 2.23. The lowest BCUT2D eigenvalue weighted by molar-refractivity contribution is -0.138. The monoisotopic (exact) mass is 406 g/mol. The molecule has 142 valence electrons. The minimum Gasteiger partial charge on any atom is -0.489 e. The standard InChI is InChI=1S/C20H20Cl2N2O3/c1-24(12-20(25)26)16(8-9-23)10-14-2-5-17(6-3-14)27-13-15-4-7-18(21)19(22)11-15/h2-7,11,16H,8,10,12-13H2,1H3,(H,25,26)/t16-/m1/s1. The molecule has 7 heteroatoms. The molecule has 1 N–H and O–H groups in total. The van der Waals surface area contributed by atoms with E-state index in [2.05, 4.69) is 6.07 Å². The van der Waals surface area contributed by atoms with Crippen LogP contribution in [0.15, 0.2) is 42.5 Å². The van der Waals surface area contributed by atoms with Crippen LogP contribution >= 0.6 is 23.2 Å². The first-order valence-corrected chi connectivity index (χ1v) is 9.09. The molecule has 0 bridgehead atoms. The number of likely N-dealkylation sites (N-methyl/N-ethyl adjacent to an activating group) is 1. The summed E-state index contributed by atoms with van der Waals surface area (Å²) >= 11 is 11.9. The van der Waals surface area contributed by atoms with Gasteiger partial charge in [0.05, 0.1) is 29.1 Å². The summed E-state index contributed by atoms with van der Waals surface area (Å²) in [5, 5.41) is 18.9. The third-order valence-electron chi connectivity index (χ3n) is 4.12. The van der Waals surface area contributed by atoms with Crippen molar-refractivity contribution in [1.82, 2.24) is 4.90 Å². The Labute approximate surface area is 168 Å². The van der Waals surface area contributed by atoms with Crippen molar-refractivity contribution in [3.05, 3.63) is 63.6 Å². The molecule has 2 aromatic rings. The molecule has 0 aliphatic rings. The second-order valence-electron chi connectivity index (χ2n) is 6.21. The van der Waals surface area contributed by atoms with E-state index in [4.69, 9.17) is 38.3 Å². The van der Waals surface area contributed by atoms with E-state index in [1.54, 1.807) is 24.1 Å². The fourth-order valence-electron chi connectivity index (χ4n) is 2.62. The molecular weight excluding hydrogens is 387 g/mol. The summed E-state index contributed by atoms with van der Waals surface area (Å²) in [6, 6.07) is 14.9. The maximum absolute atomic E-state index is 10.9. The minimum atomic E-state index is -0.911. The van der Waals surface area contributed by atoms with Crippen LogP contribution in [0.5, 0.6) is 5.75 Å². The van der Waals surface area contributed by atoms with E-state index >= 15 is 0 Å². The molecule has 0 heterocycles. The fourth-order valence-corrected chi connectivity index (χ4v) is 2.94. The Morgan fingerprint density at radius 2 is 1.85 bits per heavy atom. The Bertz CT molecular complexity index is 819. The SMILES string of the molecule is CN(CC(=O)O)[C@H](CC#N)Cc1ccc(OCc2ccc(Cl)c(Cl)c2)cc1. The van der Waals surface area contributed by atoms with Gasteiger partial charge < -0.3 is 9.84 Å². The predicted octanol–water partition coefficient (Wildman–Crippen LogP) is 4.41. The number of benzene rings is 2. The normalized spacial score (nSPS) is 11.8. The van der Waals surface area contributed by atoms with E-state index < -0.39 is 5.97 Å². The van der Waals surface area contributed by atoms with Crippen molar-refractivity contribution >= 4 is 29.2 Å². The Morgan fingerprint density at radius 3 is 2.44 bits per heavy atom. The van der Waals surface area contributed by atoms with Crippen molar-refractivity contribution in [2.45, 2.75) is 25.5 Å². The molecule has 0 unspecified atom stereocenters.